The number of nitrogens with zero attached hydrogens (tertiary/aromatic N) is 1. The molecular formula is C23H39N5O3. The van der Waals surface area contributed by atoms with E-state index in [1.54, 1.807) is 0 Å². The summed E-state index contributed by atoms with van der Waals surface area (Å²) in [7, 11) is 0. The molecule has 0 heterocycles. The minimum absolute atomic E-state index is 0.0119. The zero-order valence-corrected chi connectivity index (χ0v) is 20.0. The van der Waals surface area contributed by atoms with Gasteiger partial charge in [-0.05, 0) is 65.7 Å². The third kappa shape index (κ3) is 11.9. The quantitative estimate of drug-likeness (QED) is 0.350. The predicted molar refractivity (Wildman–Crippen MR) is 126 cm³/mol. The molecule has 0 aromatic heterocycles. The summed E-state index contributed by atoms with van der Waals surface area (Å²) in [6.07, 6.45) is 0.861. The number of anilines is 1. The van der Waals surface area contributed by atoms with E-state index >= 15 is 0 Å². The van der Waals surface area contributed by atoms with Gasteiger partial charge in [0.25, 0.3) is 0 Å². The van der Waals surface area contributed by atoms with Crippen molar-refractivity contribution in [2.75, 3.05) is 18.4 Å². The molecule has 31 heavy (non-hydrogen) atoms. The Morgan fingerprint density at radius 1 is 1.06 bits per heavy atom. The summed E-state index contributed by atoms with van der Waals surface area (Å²) in [5.74, 6) is 0.653. The molecule has 8 heteroatoms. The molecule has 0 unspecified atom stereocenters. The molecule has 0 spiro atoms. The summed E-state index contributed by atoms with van der Waals surface area (Å²) in [5, 5.41) is 12.2. The molecule has 0 bridgehead atoms. The summed E-state index contributed by atoms with van der Waals surface area (Å²) in [6.45, 7) is 14.9. The van der Waals surface area contributed by atoms with Crippen LogP contribution in [-0.2, 0) is 16.1 Å². The van der Waals surface area contributed by atoms with Crippen molar-refractivity contribution < 1.29 is 14.3 Å². The molecule has 0 saturated heterocycles. The van der Waals surface area contributed by atoms with Gasteiger partial charge in [-0.1, -0.05) is 19.1 Å². The van der Waals surface area contributed by atoms with Crippen LogP contribution in [0.4, 0.5) is 10.5 Å². The SMILES string of the molecule is CCCC(=O)Nc1cccc(CN=C(NCC)NCC(C)(C)NC(=O)OC(C)(C)C)c1. The fourth-order valence-electron chi connectivity index (χ4n) is 2.64. The second-order valence-corrected chi connectivity index (χ2v) is 9.06. The molecule has 2 amide bonds. The molecule has 1 aromatic rings. The lowest BCUT2D eigenvalue weighted by Crippen LogP contribution is -2.54. The molecule has 1 rings (SSSR count). The first kappa shape index (κ1) is 26.3. The minimum atomic E-state index is -0.547. The number of amides is 2. The van der Waals surface area contributed by atoms with Crippen LogP contribution in [0.15, 0.2) is 29.3 Å². The maximum absolute atomic E-state index is 12.1. The fourth-order valence-corrected chi connectivity index (χ4v) is 2.64. The molecule has 4 N–H and O–H groups in total. The van der Waals surface area contributed by atoms with Crippen molar-refractivity contribution in [3.05, 3.63) is 29.8 Å². The van der Waals surface area contributed by atoms with Crippen LogP contribution in [0, 0.1) is 0 Å². The molecule has 0 fully saturated rings. The van der Waals surface area contributed by atoms with Gasteiger partial charge in [-0.25, -0.2) is 9.79 Å². The van der Waals surface area contributed by atoms with Crippen molar-refractivity contribution in [3.8, 4) is 0 Å². The van der Waals surface area contributed by atoms with Crippen LogP contribution in [0.5, 0.6) is 0 Å². The minimum Gasteiger partial charge on any atom is -0.444 e. The van der Waals surface area contributed by atoms with Crippen LogP contribution in [0.2, 0.25) is 0 Å². The second kappa shape index (κ2) is 12.2. The summed E-state index contributed by atoms with van der Waals surface area (Å²) in [5.41, 5.74) is 0.667. The summed E-state index contributed by atoms with van der Waals surface area (Å²) >= 11 is 0. The van der Waals surface area contributed by atoms with E-state index in [4.69, 9.17) is 4.74 Å². The van der Waals surface area contributed by atoms with E-state index in [1.807, 2.05) is 72.7 Å². The van der Waals surface area contributed by atoms with Crippen LogP contribution in [0.25, 0.3) is 0 Å². The molecular weight excluding hydrogens is 394 g/mol. The number of ether oxygens (including phenoxy) is 1. The van der Waals surface area contributed by atoms with Crippen molar-refractivity contribution in [3.63, 3.8) is 0 Å². The second-order valence-electron chi connectivity index (χ2n) is 9.06. The Morgan fingerprint density at radius 3 is 2.39 bits per heavy atom. The van der Waals surface area contributed by atoms with E-state index in [2.05, 4.69) is 26.3 Å². The van der Waals surface area contributed by atoms with Crippen LogP contribution in [-0.4, -0.2) is 42.2 Å². The van der Waals surface area contributed by atoms with Crippen LogP contribution in [0.3, 0.4) is 0 Å². The first-order valence-electron chi connectivity index (χ1n) is 10.9. The Labute approximate surface area is 186 Å². The first-order valence-corrected chi connectivity index (χ1v) is 10.9. The number of carbonyl (C=O) groups is 2. The maximum atomic E-state index is 12.1. The molecule has 0 radical (unpaired) electrons. The number of benzene rings is 1. The van der Waals surface area contributed by atoms with E-state index in [0.29, 0.717) is 32.0 Å². The highest BCUT2D eigenvalue weighted by Crippen LogP contribution is 2.12. The standard InChI is InChI=1S/C23H39N5O3/c1-8-11-19(29)27-18-13-10-12-17(14-18)15-25-20(24-9-2)26-16-23(6,7)28-21(30)31-22(3,4)5/h10,12-14H,8-9,11,15-16H2,1-7H3,(H,27,29)(H,28,30)(H2,24,25,26). The number of hydrogen-bond donors (Lipinski definition) is 4. The molecule has 0 aliphatic heterocycles. The highest BCUT2D eigenvalue weighted by atomic mass is 16.6. The average molecular weight is 434 g/mol. The lowest BCUT2D eigenvalue weighted by Gasteiger charge is -2.29. The van der Waals surface area contributed by atoms with E-state index in [1.165, 1.54) is 0 Å². The van der Waals surface area contributed by atoms with Crippen molar-refractivity contribution in [2.45, 2.75) is 79.0 Å². The Balaban J connectivity index is 2.71. The molecule has 0 atom stereocenters. The number of nitrogens with one attached hydrogen (secondary N) is 4. The Hall–Kier alpha value is -2.77. The Bertz CT molecular complexity index is 754. The Morgan fingerprint density at radius 2 is 1.77 bits per heavy atom. The van der Waals surface area contributed by atoms with Crippen molar-refractivity contribution in [2.24, 2.45) is 4.99 Å². The molecule has 1 aromatic carbocycles. The molecule has 174 valence electrons. The third-order valence-electron chi connectivity index (χ3n) is 3.99. The molecule has 0 saturated carbocycles. The largest absolute Gasteiger partial charge is 0.444 e. The topological polar surface area (TPSA) is 104 Å². The van der Waals surface area contributed by atoms with Crippen LogP contribution >= 0.6 is 0 Å². The summed E-state index contributed by atoms with van der Waals surface area (Å²) in [4.78, 5) is 28.5. The summed E-state index contributed by atoms with van der Waals surface area (Å²) in [6, 6.07) is 7.67. The van der Waals surface area contributed by atoms with Gasteiger partial charge >= 0.3 is 6.09 Å². The van der Waals surface area contributed by atoms with Gasteiger partial charge in [-0.2, -0.15) is 0 Å². The monoisotopic (exact) mass is 433 g/mol. The number of guanidine groups is 1. The van der Waals surface area contributed by atoms with Gasteiger partial charge in [0.15, 0.2) is 5.96 Å². The fraction of sp³-hybridized carbons (Fsp3) is 0.609. The van der Waals surface area contributed by atoms with Crippen molar-refractivity contribution in [1.29, 1.82) is 0 Å². The lowest BCUT2D eigenvalue weighted by atomic mass is 10.1. The van der Waals surface area contributed by atoms with Gasteiger partial charge in [0.05, 0.1) is 12.1 Å². The van der Waals surface area contributed by atoms with Gasteiger partial charge in [0, 0.05) is 25.2 Å². The highest BCUT2D eigenvalue weighted by molar-refractivity contribution is 5.90. The van der Waals surface area contributed by atoms with Gasteiger partial charge in [-0.3, -0.25) is 4.79 Å². The lowest BCUT2D eigenvalue weighted by molar-refractivity contribution is -0.116. The van der Waals surface area contributed by atoms with Gasteiger partial charge < -0.3 is 26.0 Å². The average Bonchev–Trinajstić information content (AvgIpc) is 2.62. The number of hydrogen-bond acceptors (Lipinski definition) is 4. The zero-order chi connectivity index (χ0) is 23.5. The van der Waals surface area contributed by atoms with Crippen molar-refractivity contribution in [1.82, 2.24) is 16.0 Å². The number of carbonyl (C=O) groups excluding carboxylic acids is 2. The predicted octanol–water partition coefficient (Wildman–Crippen LogP) is 3.78. The van der Waals surface area contributed by atoms with E-state index in [0.717, 1.165) is 17.7 Å². The Kier molecular flexibility index (Phi) is 10.3. The van der Waals surface area contributed by atoms with Crippen LogP contribution < -0.4 is 21.3 Å². The maximum Gasteiger partial charge on any atom is 0.408 e. The number of alkyl carbamates (subject to hydrolysis) is 1. The van der Waals surface area contributed by atoms with Crippen LogP contribution in [0.1, 0.15) is 66.9 Å². The zero-order valence-electron chi connectivity index (χ0n) is 20.0. The molecule has 0 aliphatic rings. The first-order chi connectivity index (χ1) is 14.4. The van der Waals surface area contributed by atoms with E-state index in [9.17, 15) is 9.59 Å². The van der Waals surface area contributed by atoms with Gasteiger partial charge in [0.2, 0.25) is 5.91 Å². The number of rotatable bonds is 9. The van der Waals surface area contributed by atoms with Gasteiger partial charge in [-0.15, -0.1) is 0 Å². The smallest absolute Gasteiger partial charge is 0.408 e. The van der Waals surface area contributed by atoms with Crippen molar-refractivity contribution >= 4 is 23.6 Å². The third-order valence-corrected chi connectivity index (χ3v) is 3.99. The molecule has 0 aliphatic carbocycles. The van der Waals surface area contributed by atoms with E-state index in [-0.39, 0.29) is 5.91 Å². The highest BCUT2D eigenvalue weighted by Gasteiger charge is 2.24. The number of aliphatic imine (C=N–C) groups is 1. The van der Waals surface area contributed by atoms with E-state index < -0.39 is 17.2 Å². The normalized spacial score (nSPS) is 12.2. The summed E-state index contributed by atoms with van der Waals surface area (Å²) < 4.78 is 5.33. The van der Waals surface area contributed by atoms with Gasteiger partial charge in [0.1, 0.15) is 5.60 Å². The molecule has 8 nitrogen and oxygen atoms in total.